The number of hydrogen-bond acceptors (Lipinski definition) is 3. The van der Waals surface area contributed by atoms with Crippen molar-refractivity contribution in [1.29, 1.82) is 0 Å². The minimum absolute atomic E-state index is 0.381. The van der Waals surface area contributed by atoms with Crippen LogP contribution in [0.3, 0.4) is 0 Å². The van der Waals surface area contributed by atoms with Crippen LogP contribution in [0.5, 0.6) is 0 Å². The van der Waals surface area contributed by atoms with Gasteiger partial charge in [-0.1, -0.05) is 19.8 Å². The molecule has 0 aromatic carbocycles. The number of carboxylic acids is 1. The molecule has 1 rings (SSSR count). The average molecular weight is 264 g/mol. The fraction of sp³-hybridized carbons (Fsp3) is 0.500. The minimum atomic E-state index is -1.00. The number of pyridine rings is 1. The Hall–Kier alpha value is -1.91. The van der Waals surface area contributed by atoms with Crippen LogP contribution in [-0.2, 0) is 4.79 Å². The lowest BCUT2D eigenvalue weighted by atomic mass is 10.1. The summed E-state index contributed by atoms with van der Waals surface area (Å²) in [7, 11) is 0. The normalized spacial score (nSPS) is 11.9. The molecule has 1 unspecified atom stereocenters. The predicted molar refractivity (Wildman–Crippen MR) is 72.1 cm³/mol. The highest BCUT2D eigenvalue weighted by Gasteiger charge is 2.21. The molecule has 0 saturated heterocycles. The Labute approximate surface area is 113 Å². The third kappa shape index (κ3) is 4.35. The molecule has 0 spiro atoms. The third-order valence-corrected chi connectivity index (χ3v) is 2.92. The minimum Gasteiger partial charge on any atom is -0.480 e. The van der Waals surface area contributed by atoms with Gasteiger partial charge in [-0.25, -0.2) is 4.79 Å². The Kier molecular flexibility index (Phi) is 5.48. The molecule has 1 heterocycles. The SMILES string of the molecule is CCCCC(NC(=O)c1ccc(C)nc1C)C(=O)O. The van der Waals surface area contributed by atoms with Gasteiger partial charge in [-0.3, -0.25) is 9.78 Å². The molecule has 0 radical (unpaired) electrons. The molecule has 1 aromatic rings. The molecule has 1 aromatic heterocycles. The van der Waals surface area contributed by atoms with Gasteiger partial charge >= 0.3 is 5.97 Å². The topological polar surface area (TPSA) is 79.3 Å². The van der Waals surface area contributed by atoms with Gasteiger partial charge in [-0.2, -0.15) is 0 Å². The van der Waals surface area contributed by atoms with Crippen LogP contribution in [0.4, 0.5) is 0 Å². The smallest absolute Gasteiger partial charge is 0.326 e. The number of aromatic nitrogens is 1. The number of carboxylic acid groups (broad SMARTS) is 1. The quantitative estimate of drug-likeness (QED) is 0.824. The Bertz CT molecular complexity index is 472. The number of nitrogens with one attached hydrogen (secondary N) is 1. The highest BCUT2D eigenvalue weighted by atomic mass is 16.4. The monoisotopic (exact) mass is 264 g/mol. The first-order valence-electron chi connectivity index (χ1n) is 6.43. The van der Waals surface area contributed by atoms with Crippen molar-refractivity contribution in [1.82, 2.24) is 10.3 Å². The van der Waals surface area contributed by atoms with Gasteiger partial charge in [0.15, 0.2) is 0 Å². The average Bonchev–Trinajstić information content (AvgIpc) is 2.33. The van der Waals surface area contributed by atoms with Crippen LogP contribution >= 0.6 is 0 Å². The number of rotatable bonds is 6. The molecule has 0 aliphatic rings. The van der Waals surface area contributed by atoms with Gasteiger partial charge < -0.3 is 10.4 Å². The van der Waals surface area contributed by atoms with E-state index < -0.39 is 12.0 Å². The first-order valence-corrected chi connectivity index (χ1v) is 6.43. The van der Waals surface area contributed by atoms with Crippen molar-refractivity contribution in [2.45, 2.75) is 46.1 Å². The van der Waals surface area contributed by atoms with Crippen LogP contribution in [0.2, 0.25) is 0 Å². The van der Waals surface area contributed by atoms with Gasteiger partial charge in [0.2, 0.25) is 0 Å². The molecule has 5 heteroatoms. The fourth-order valence-electron chi connectivity index (χ4n) is 1.83. The van der Waals surface area contributed by atoms with Crippen LogP contribution in [0.25, 0.3) is 0 Å². The summed E-state index contributed by atoms with van der Waals surface area (Å²) in [4.78, 5) is 27.3. The molecule has 0 fully saturated rings. The Morgan fingerprint density at radius 2 is 2.05 bits per heavy atom. The van der Waals surface area contributed by atoms with Crippen molar-refractivity contribution in [2.75, 3.05) is 0 Å². The molecular weight excluding hydrogens is 244 g/mol. The lowest BCUT2D eigenvalue weighted by molar-refractivity contribution is -0.139. The Balaban J connectivity index is 2.78. The maximum absolute atomic E-state index is 12.0. The van der Waals surface area contributed by atoms with Crippen LogP contribution in [0.15, 0.2) is 12.1 Å². The molecule has 1 atom stereocenters. The van der Waals surface area contributed by atoms with Crippen LogP contribution in [-0.4, -0.2) is 28.0 Å². The van der Waals surface area contributed by atoms with Crippen molar-refractivity contribution < 1.29 is 14.7 Å². The van der Waals surface area contributed by atoms with E-state index in [-0.39, 0.29) is 5.91 Å². The van der Waals surface area contributed by atoms with E-state index in [0.717, 1.165) is 18.5 Å². The van der Waals surface area contributed by atoms with E-state index in [1.165, 1.54) is 0 Å². The number of hydrogen-bond donors (Lipinski definition) is 2. The zero-order valence-corrected chi connectivity index (χ0v) is 11.6. The van der Waals surface area contributed by atoms with E-state index >= 15 is 0 Å². The summed E-state index contributed by atoms with van der Waals surface area (Å²) in [5.41, 5.74) is 1.86. The van der Waals surface area contributed by atoms with E-state index in [4.69, 9.17) is 5.11 Å². The molecule has 19 heavy (non-hydrogen) atoms. The number of nitrogens with zero attached hydrogens (tertiary/aromatic N) is 1. The molecule has 2 N–H and O–H groups in total. The van der Waals surface area contributed by atoms with Gasteiger partial charge in [-0.15, -0.1) is 0 Å². The van der Waals surface area contributed by atoms with E-state index in [9.17, 15) is 9.59 Å². The van der Waals surface area contributed by atoms with Gasteiger partial charge in [0.1, 0.15) is 6.04 Å². The first-order chi connectivity index (χ1) is 8.95. The second kappa shape index (κ2) is 6.87. The van der Waals surface area contributed by atoms with E-state index in [1.54, 1.807) is 19.1 Å². The van der Waals surface area contributed by atoms with Crippen LogP contribution in [0, 0.1) is 13.8 Å². The summed E-state index contributed by atoms with van der Waals surface area (Å²) in [6.07, 6.45) is 2.10. The number of aliphatic carboxylic acids is 1. The van der Waals surface area contributed by atoms with Crippen molar-refractivity contribution in [3.63, 3.8) is 0 Å². The number of aryl methyl sites for hydroxylation is 2. The maximum atomic E-state index is 12.0. The second-order valence-electron chi connectivity index (χ2n) is 4.59. The summed E-state index contributed by atoms with van der Waals surface area (Å²) in [5, 5.41) is 11.6. The number of amides is 1. The van der Waals surface area contributed by atoms with Gasteiger partial charge in [0, 0.05) is 5.69 Å². The lowest BCUT2D eigenvalue weighted by Crippen LogP contribution is -2.41. The van der Waals surface area contributed by atoms with Crippen LogP contribution in [0.1, 0.15) is 47.9 Å². The fourth-order valence-corrected chi connectivity index (χ4v) is 1.83. The summed E-state index contributed by atoms with van der Waals surface area (Å²) < 4.78 is 0. The zero-order chi connectivity index (χ0) is 14.4. The molecular formula is C14H20N2O3. The predicted octanol–water partition coefficient (Wildman–Crippen LogP) is 2.07. The largest absolute Gasteiger partial charge is 0.480 e. The zero-order valence-electron chi connectivity index (χ0n) is 11.6. The third-order valence-electron chi connectivity index (χ3n) is 2.92. The van der Waals surface area contributed by atoms with Crippen LogP contribution < -0.4 is 5.32 Å². The van der Waals surface area contributed by atoms with Crippen molar-refractivity contribution in [3.05, 3.63) is 29.1 Å². The number of unbranched alkanes of at least 4 members (excludes halogenated alkanes) is 1. The second-order valence-corrected chi connectivity index (χ2v) is 4.59. The standard InChI is InChI=1S/C14H20N2O3/c1-4-5-6-12(14(18)19)16-13(17)11-8-7-9(2)15-10(11)3/h7-8,12H,4-6H2,1-3H3,(H,16,17)(H,18,19). The van der Waals surface area contributed by atoms with Crippen molar-refractivity contribution in [3.8, 4) is 0 Å². The summed E-state index contributed by atoms with van der Waals surface area (Å²) in [6.45, 7) is 5.56. The number of carbonyl (C=O) groups excluding carboxylic acids is 1. The molecule has 0 saturated carbocycles. The summed E-state index contributed by atoms with van der Waals surface area (Å²) in [6, 6.07) is 2.57. The summed E-state index contributed by atoms with van der Waals surface area (Å²) >= 11 is 0. The van der Waals surface area contributed by atoms with Gasteiger partial charge in [-0.05, 0) is 32.4 Å². The number of carbonyl (C=O) groups is 2. The summed E-state index contributed by atoms with van der Waals surface area (Å²) in [5.74, 6) is -1.38. The molecule has 1 amide bonds. The van der Waals surface area contributed by atoms with Crippen molar-refractivity contribution in [2.24, 2.45) is 0 Å². The molecule has 0 bridgehead atoms. The van der Waals surface area contributed by atoms with E-state index in [2.05, 4.69) is 10.3 Å². The van der Waals surface area contributed by atoms with Gasteiger partial charge in [0.25, 0.3) is 5.91 Å². The lowest BCUT2D eigenvalue weighted by Gasteiger charge is -2.15. The maximum Gasteiger partial charge on any atom is 0.326 e. The Morgan fingerprint density at radius 3 is 2.58 bits per heavy atom. The highest BCUT2D eigenvalue weighted by Crippen LogP contribution is 2.08. The van der Waals surface area contributed by atoms with E-state index in [1.807, 2.05) is 13.8 Å². The first kappa shape index (κ1) is 15.1. The molecule has 0 aliphatic heterocycles. The molecule has 5 nitrogen and oxygen atoms in total. The van der Waals surface area contributed by atoms with E-state index in [0.29, 0.717) is 17.7 Å². The molecule has 104 valence electrons. The Morgan fingerprint density at radius 1 is 1.37 bits per heavy atom. The van der Waals surface area contributed by atoms with Gasteiger partial charge in [0.05, 0.1) is 11.3 Å². The molecule has 0 aliphatic carbocycles. The van der Waals surface area contributed by atoms with Crippen molar-refractivity contribution >= 4 is 11.9 Å². The highest BCUT2D eigenvalue weighted by molar-refractivity contribution is 5.97.